The smallest absolute Gasteiger partial charge is 0.137 e. The Labute approximate surface area is 157 Å². The summed E-state index contributed by atoms with van der Waals surface area (Å²) in [6, 6.07) is 19.6. The molecule has 0 atom stereocenters. The largest absolute Gasteiger partial charge is 0.346 e. The third kappa shape index (κ3) is 3.00. The van der Waals surface area contributed by atoms with Gasteiger partial charge in [-0.05, 0) is 71.3 Å². The van der Waals surface area contributed by atoms with E-state index in [0.717, 1.165) is 18.7 Å². The zero-order valence-corrected chi connectivity index (χ0v) is 15.4. The van der Waals surface area contributed by atoms with Gasteiger partial charge in [0, 0.05) is 35.8 Å². The highest BCUT2D eigenvalue weighted by Gasteiger charge is 2.23. The Morgan fingerprint density at radius 3 is 2.69 bits per heavy atom. The van der Waals surface area contributed by atoms with Gasteiger partial charge in [0.05, 0.1) is 0 Å². The van der Waals surface area contributed by atoms with Crippen LogP contribution in [0, 0.1) is 0 Å². The highest BCUT2D eigenvalue weighted by molar-refractivity contribution is 7.97. The maximum absolute atomic E-state index is 4.42. The molecule has 1 fully saturated rings. The van der Waals surface area contributed by atoms with E-state index in [1.807, 2.05) is 24.2 Å². The van der Waals surface area contributed by atoms with Crippen LogP contribution in [-0.4, -0.2) is 27.4 Å². The maximum atomic E-state index is 4.42. The van der Waals surface area contributed by atoms with E-state index in [4.69, 9.17) is 0 Å². The molecule has 1 aliphatic rings. The molecule has 130 valence electrons. The Morgan fingerprint density at radius 1 is 0.962 bits per heavy atom. The summed E-state index contributed by atoms with van der Waals surface area (Å²) in [5.74, 6) is 0.626. The Bertz CT molecular complexity index is 1050. The lowest BCUT2D eigenvalue weighted by Gasteiger charge is -2.31. The van der Waals surface area contributed by atoms with Gasteiger partial charge in [-0.3, -0.25) is 0 Å². The standard InChI is InChI=1S/C22H21N3S/c1-2-5-18-14-19(8-7-16(18)4-1)26-25-12-9-17(10-13-25)21-15-24-22-20(21)6-3-11-23-22/h1-8,11,14-15,17H,9-10,12-13H2,(H,23,24). The first kappa shape index (κ1) is 15.9. The van der Waals surface area contributed by atoms with Crippen molar-refractivity contribution in [3.05, 3.63) is 72.6 Å². The lowest BCUT2D eigenvalue weighted by Crippen LogP contribution is -2.27. The lowest BCUT2D eigenvalue weighted by atomic mass is 9.90. The minimum Gasteiger partial charge on any atom is -0.346 e. The summed E-state index contributed by atoms with van der Waals surface area (Å²) in [6.45, 7) is 2.24. The number of hydrogen-bond donors (Lipinski definition) is 1. The quantitative estimate of drug-likeness (QED) is 0.483. The van der Waals surface area contributed by atoms with Crippen molar-refractivity contribution in [2.75, 3.05) is 13.1 Å². The van der Waals surface area contributed by atoms with Crippen LogP contribution in [0.15, 0.2) is 71.9 Å². The van der Waals surface area contributed by atoms with Gasteiger partial charge in [0.1, 0.15) is 5.65 Å². The number of pyridine rings is 1. The summed E-state index contributed by atoms with van der Waals surface area (Å²) in [7, 11) is 0. The van der Waals surface area contributed by atoms with Crippen molar-refractivity contribution in [2.24, 2.45) is 0 Å². The summed E-state index contributed by atoms with van der Waals surface area (Å²) in [5, 5.41) is 3.91. The maximum Gasteiger partial charge on any atom is 0.137 e. The average molecular weight is 359 g/mol. The molecule has 1 aliphatic heterocycles. The van der Waals surface area contributed by atoms with Gasteiger partial charge in [-0.15, -0.1) is 0 Å². The van der Waals surface area contributed by atoms with Crippen molar-refractivity contribution in [1.29, 1.82) is 0 Å². The summed E-state index contributed by atoms with van der Waals surface area (Å²) in [4.78, 5) is 9.08. The predicted octanol–water partition coefficient (Wildman–Crippen LogP) is 5.60. The number of H-pyrrole nitrogens is 1. The molecule has 0 amide bonds. The van der Waals surface area contributed by atoms with Crippen LogP contribution in [0.25, 0.3) is 21.8 Å². The van der Waals surface area contributed by atoms with Gasteiger partial charge in [-0.25, -0.2) is 9.29 Å². The molecule has 1 saturated heterocycles. The molecule has 2 aromatic heterocycles. The summed E-state index contributed by atoms with van der Waals surface area (Å²) in [6.07, 6.45) is 6.41. The lowest BCUT2D eigenvalue weighted by molar-refractivity contribution is 0.347. The Balaban J connectivity index is 1.28. The normalized spacial score (nSPS) is 16.5. The molecule has 2 aromatic carbocycles. The van der Waals surface area contributed by atoms with Gasteiger partial charge in [-0.2, -0.15) is 0 Å². The minimum absolute atomic E-state index is 0.626. The number of fused-ring (bicyclic) bond motifs is 2. The van der Waals surface area contributed by atoms with E-state index in [1.54, 1.807) is 0 Å². The molecule has 0 saturated carbocycles. The first-order valence-corrected chi connectivity index (χ1v) is 9.98. The fourth-order valence-corrected chi connectivity index (χ4v) is 4.95. The highest BCUT2D eigenvalue weighted by atomic mass is 32.2. The minimum atomic E-state index is 0.626. The van der Waals surface area contributed by atoms with Crippen molar-refractivity contribution in [2.45, 2.75) is 23.7 Å². The van der Waals surface area contributed by atoms with E-state index in [2.05, 4.69) is 69.0 Å². The van der Waals surface area contributed by atoms with E-state index in [0.29, 0.717) is 5.92 Å². The summed E-state index contributed by atoms with van der Waals surface area (Å²) >= 11 is 1.90. The third-order valence-corrected chi connectivity index (χ3v) is 6.42. The first-order valence-electron chi connectivity index (χ1n) is 9.20. The summed E-state index contributed by atoms with van der Waals surface area (Å²) in [5.41, 5.74) is 2.44. The third-order valence-electron chi connectivity index (χ3n) is 5.33. The molecule has 1 N–H and O–H groups in total. The average Bonchev–Trinajstić information content (AvgIpc) is 3.13. The van der Waals surface area contributed by atoms with Crippen LogP contribution in [0.5, 0.6) is 0 Å². The van der Waals surface area contributed by atoms with Gasteiger partial charge in [0.15, 0.2) is 0 Å². The number of piperidine rings is 1. The molecule has 0 spiro atoms. The molecule has 4 heteroatoms. The second kappa shape index (κ2) is 6.78. The van der Waals surface area contributed by atoms with Gasteiger partial charge in [0.25, 0.3) is 0 Å². The van der Waals surface area contributed by atoms with E-state index < -0.39 is 0 Å². The van der Waals surface area contributed by atoms with Gasteiger partial charge < -0.3 is 4.98 Å². The monoisotopic (exact) mass is 359 g/mol. The van der Waals surface area contributed by atoms with Crippen LogP contribution in [0.3, 0.4) is 0 Å². The SMILES string of the molecule is c1ccc2cc(SN3CCC(c4c[nH]c5ncccc45)CC3)ccc2c1. The zero-order valence-electron chi connectivity index (χ0n) is 14.6. The predicted molar refractivity (Wildman–Crippen MR) is 109 cm³/mol. The molecule has 0 aliphatic carbocycles. The second-order valence-corrected chi connectivity index (χ2v) is 8.12. The topological polar surface area (TPSA) is 31.9 Å². The van der Waals surface area contributed by atoms with Gasteiger partial charge in [-0.1, -0.05) is 30.3 Å². The second-order valence-electron chi connectivity index (χ2n) is 6.95. The van der Waals surface area contributed by atoms with Crippen molar-refractivity contribution in [3.63, 3.8) is 0 Å². The molecule has 0 unspecified atom stereocenters. The first-order chi connectivity index (χ1) is 12.9. The van der Waals surface area contributed by atoms with Crippen molar-refractivity contribution < 1.29 is 0 Å². The molecular formula is C22H21N3S. The van der Waals surface area contributed by atoms with Crippen LogP contribution < -0.4 is 0 Å². The van der Waals surface area contributed by atoms with Crippen molar-refractivity contribution in [3.8, 4) is 0 Å². The fraction of sp³-hybridized carbons (Fsp3) is 0.227. The van der Waals surface area contributed by atoms with Crippen LogP contribution in [0.1, 0.15) is 24.3 Å². The number of benzene rings is 2. The number of nitrogens with zero attached hydrogens (tertiary/aromatic N) is 2. The van der Waals surface area contributed by atoms with E-state index >= 15 is 0 Å². The Hall–Kier alpha value is -2.30. The molecule has 5 rings (SSSR count). The zero-order chi connectivity index (χ0) is 17.3. The van der Waals surface area contributed by atoms with Crippen LogP contribution in [0.2, 0.25) is 0 Å². The molecule has 0 bridgehead atoms. The number of nitrogens with one attached hydrogen (secondary N) is 1. The fourth-order valence-electron chi connectivity index (χ4n) is 3.95. The van der Waals surface area contributed by atoms with Crippen LogP contribution in [0.4, 0.5) is 0 Å². The van der Waals surface area contributed by atoms with Crippen molar-refractivity contribution >= 4 is 33.8 Å². The van der Waals surface area contributed by atoms with E-state index in [-0.39, 0.29) is 0 Å². The van der Waals surface area contributed by atoms with Gasteiger partial charge >= 0.3 is 0 Å². The number of aromatic nitrogens is 2. The molecule has 0 radical (unpaired) electrons. The molecule has 3 nitrogen and oxygen atoms in total. The molecule has 4 aromatic rings. The van der Waals surface area contributed by atoms with Crippen molar-refractivity contribution in [1.82, 2.24) is 14.3 Å². The van der Waals surface area contributed by atoms with E-state index in [1.165, 1.54) is 39.5 Å². The summed E-state index contributed by atoms with van der Waals surface area (Å²) < 4.78 is 2.51. The molecule has 26 heavy (non-hydrogen) atoms. The Morgan fingerprint density at radius 2 is 1.81 bits per heavy atom. The molecular weight excluding hydrogens is 338 g/mol. The van der Waals surface area contributed by atoms with Crippen LogP contribution >= 0.6 is 11.9 Å². The van der Waals surface area contributed by atoms with Crippen LogP contribution in [-0.2, 0) is 0 Å². The number of aromatic amines is 1. The van der Waals surface area contributed by atoms with Gasteiger partial charge in [0.2, 0.25) is 0 Å². The Kier molecular flexibility index (Phi) is 4.15. The molecule has 3 heterocycles. The number of rotatable bonds is 3. The van der Waals surface area contributed by atoms with E-state index in [9.17, 15) is 0 Å². The number of hydrogen-bond acceptors (Lipinski definition) is 3. The highest BCUT2D eigenvalue weighted by Crippen LogP contribution is 2.36.